The summed E-state index contributed by atoms with van der Waals surface area (Å²) in [4.78, 5) is 21.3. The molecule has 0 unspecified atom stereocenters. The molecule has 1 amide bonds. The van der Waals surface area contributed by atoms with Crippen LogP contribution in [0.25, 0.3) is 0 Å². The average molecular weight is 311 g/mol. The van der Waals surface area contributed by atoms with Gasteiger partial charge in [-0.2, -0.15) is 0 Å². The summed E-state index contributed by atoms with van der Waals surface area (Å²) < 4.78 is 0. The first kappa shape index (κ1) is 17.4. The Bertz CT molecular complexity index is 458. The minimum Gasteiger partial charge on any atom is -0.357 e. The fourth-order valence-corrected chi connectivity index (χ4v) is 2.40. The van der Waals surface area contributed by atoms with Crippen molar-refractivity contribution in [1.29, 1.82) is 0 Å². The predicted octanol–water partition coefficient (Wildman–Crippen LogP) is 1.08. The lowest BCUT2D eigenvalue weighted by molar-refractivity contribution is -0.119. The number of nitrogens with zero attached hydrogens (tertiary/aromatic N) is 2. The Kier molecular flexibility index (Phi) is 8.42. The van der Waals surface area contributed by atoms with Crippen LogP contribution >= 0.6 is 11.3 Å². The predicted molar refractivity (Wildman–Crippen MR) is 87.8 cm³/mol. The average Bonchev–Trinajstić information content (AvgIpc) is 2.88. The Hall–Kier alpha value is -1.63. The molecule has 1 aromatic rings. The Labute approximate surface area is 130 Å². The summed E-state index contributed by atoms with van der Waals surface area (Å²) in [5.41, 5.74) is 0. The maximum Gasteiger partial charge on any atom is 0.241 e. The second-order valence-corrected chi connectivity index (χ2v) is 5.91. The molecule has 0 aliphatic heterocycles. The van der Waals surface area contributed by atoms with Crippen LogP contribution in [0.1, 0.15) is 30.2 Å². The summed E-state index contributed by atoms with van der Waals surface area (Å²) in [6.45, 7) is 8.42. The van der Waals surface area contributed by atoms with Gasteiger partial charge in [0.05, 0.1) is 5.01 Å². The third-order valence-electron chi connectivity index (χ3n) is 2.60. The van der Waals surface area contributed by atoms with E-state index in [1.165, 1.54) is 4.88 Å². The summed E-state index contributed by atoms with van der Waals surface area (Å²) in [6, 6.07) is 0. The van der Waals surface area contributed by atoms with Crippen molar-refractivity contribution in [3.05, 3.63) is 16.1 Å². The highest BCUT2D eigenvalue weighted by Crippen LogP contribution is 2.10. The van der Waals surface area contributed by atoms with Gasteiger partial charge in [-0.25, -0.2) is 9.98 Å². The molecule has 0 atom stereocenters. The number of guanidine groups is 1. The van der Waals surface area contributed by atoms with Crippen LogP contribution in [0.2, 0.25) is 0 Å². The molecule has 0 aliphatic rings. The first-order chi connectivity index (χ1) is 10.2. The molecule has 118 valence electrons. The summed E-state index contributed by atoms with van der Waals surface area (Å²) in [7, 11) is 0. The number of carbonyl (C=O) groups excluding carboxylic acids is 1. The van der Waals surface area contributed by atoms with Gasteiger partial charge in [0.2, 0.25) is 5.91 Å². The van der Waals surface area contributed by atoms with E-state index < -0.39 is 0 Å². The summed E-state index contributed by atoms with van der Waals surface area (Å²) in [5, 5.41) is 10.3. The molecular weight excluding hydrogens is 286 g/mol. The maximum absolute atomic E-state index is 11.5. The van der Waals surface area contributed by atoms with E-state index in [4.69, 9.17) is 0 Å². The van der Waals surface area contributed by atoms with Gasteiger partial charge in [0, 0.05) is 37.1 Å². The zero-order valence-corrected chi connectivity index (χ0v) is 13.8. The van der Waals surface area contributed by atoms with E-state index >= 15 is 0 Å². The van der Waals surface area contributed by atoms with Crippen LogP contribution in [-0.4, -0.2) is 43.0 Å². The highest BCUT2D eigenvalue weighted by molar-refractivity contribution is 7.11. The molecule has 0 radical (unpaired) electrons. The number of aliphatic imine (C=N–C) groups is 1. The third-order valence-corrected chi connectivity index (χ3v) is 3.57. The van der Waals surface area contributed by atoms with E-state index in [9.17, 15) is 4.79 Å². The van der Waals surface area contributed by atoms with Crippen molar-refractivity contribution in [2.75, 3.05) is 26.2 Å². The maximum atomic E-state index is 11.5. The van der Waals surface area contributed by atoms with Crippen LogP contribution in [-0.2, 0) is 11.2 Å². The summed E-state index contributed by atoms with van der Waals surface area (Å²) in [5.74, 6) is 0.613. The molecule has 7 heteroatoms. The molecule has 1 rings (SSSR count). The van der Waals surface area contributed by atoms with Crippen LogP contribution in [0, 0.1) is 6.92 Å². The van der Waals surface area contributed by atoms with E-state index in [1.807, 2.05) is 20.0 Å². The lowest BCUT2D eigenvalue weighted by atomic mass is 10.4. The molecular formula is C14H25N5OS. The molecule has 0 bridgehead atoms. The number of rotatable bonds is 8. The van der Waals surface area contributed by atoms with Gasteiger partial charge in [0.25, 0.3) is 0 Å². The Morgan fingerprint density at radius 1 is 1.29 bits per heavy atom. The van der Waals surface area contributed by atoms with Crippen molar-refractivity contribution in [2.24, 2.45) is 4.99 Å². The minimum atomic E-state index is -0.0513. The van der Waals surface area contributed by atoms with Crippen molar-refractivity contribution in [1.82, 2.24) is 20.9 Å². The van der Waals surface area contributed by atoms with Crippen molar-refractivity contribution in [3.63, 3.8) is 0 Å². The lowest BCUT2D eigenvalue weighted by Gasteiger charge is -2.10. The fraction of sp³-hybridized carbons (Fsp3) is 0.643. The standard InChI is InChI=1S/C14H25N5OS/c1-4-7-16-12(20)10-19-14(15-5-2)17-8-6-13-18-9-11(3)21-13/h9H,4-8,10H2,1-3H3,(H,16,20)(H2,15,17,19). The van der Waals surface area contributed by atoms with E-state index in [0.29, 0.717) is 12.5 Å². The zero-order chi connectivity index (χ0) is 15.5. The second kappa shape index (κ2) is 10.1. The number of hydrogen-bond acceptors (Lipinski definition) is 4. The highest BCUT2D eigenvalue weighted by atomic mass is 32.1. The van der Waals surface area contributed by atoms with Crippen molar-refractivity contribution >= 4 is 23.2 Å². The lowest BCUT2D eigenvalue weighted by Crippen LogP contribution is -2.39. The Morgan fingerprint density at radius 2 is 2.10 bits per heavy atom. The molecule has 0 aliphatic carbocycles. The SMILES string of the molecule is CCCNC(=O)CN=C(NCC)NCCc1ncc(C)s1. The van der Waals surface area contributed by atoms with Gasteiger partial charge in [-0.05, 0) is 20.3 Å². The number of amides is 1. The van der Waals surface area contributed by atoms with E-state index in [2.05, 4.69) is 32.9 Å². The molecule has 1 heterocycles. The Balaban J connectivity index is 2.35. The minimum absolute atomic E-state index is 0.0513. The molecule has 0 saturated carbocycles. The number of carbonyl (C=O) groups is 1. The molecule has 0 saturated heterocycles. The van der Waals surface area contributed by atoms with Crippen LogP contribution < -0.4 is 16.0 Å². The van der Waals surface area contributed by atoms with Gasteiger partial charge in [-0.1, -0.05) is 6.92 Å². The van der Waals surface area contributed by atoms with Crippen LogP contribution in [0.4, 0.5) is 0 Å². The monoisotopic (exact) mass is 311 g/mol. The van der Waals surface area contributed by atoms with Crippen molar-refractivity contribution < 1.29 is 4.79 Å². The summed E-state index contributed by atoms with van der Waals surface area (Å²) in [6.07, 6.45) is 3.67. The van der Waals surface area contributed by atoms with Gasteiger partial charge < -0.3 is 16.0 Å². The van der Waals surface area contributed by atoms with E-state index in [-0.39, 0.29) is 12.5 Å². The Morgan fingerprint density at radius 3 is 2.71 bits per heavy atom. The zero-order valence-electron chi connectivity index (χ0n) is 13.0. The number of aromatic nitrogens is 1. The third kappa shape index (κ3) is 7.65. The molecule has 0 spiro atoms. The van der Waals surface area contributed by atoms with Crippen LogP contribution in [0.15, 0.2) is 11.2 Å². The largest absolute Gasteiger partial charge is 0.357 e. The first-order valence-electron chi connectivity index (χ1n) is 7.35. The molecule has 3 N–H and O–H groups in total. The van der Waals surface area contributed by atoms with Crippen LogP contribution in [0.5, 0.6) is 0 Å². The molecule has 0 aromatic carbocycles. The van der Waals surface area contributed by atoms with Gasteiger partial charge in [0.1, 0.15) is 6.54 Å². The second-order valence-electron chi connectivity index (χ2n) is 4.59. The van der Waals surface area contributed by atoms with Gasteiger partial charge in [0.15, 0.2) is 5.96 Å². The van der Waals surface area contributed by atoms with Crippen molar-refractivity contribution in [3.8, 4) is 0 Å². The molecule has 1 aromatic heterocycles. The van der Waals surface area contributed by atoms with E-state index in [1.54, 1.807) is 11.3 Å². The number of thiazole rings is 1. The number of aryl methyl sites for hydroxylation is 1. The van der Waals surface area contributed by atoms with Gasteiger partial charge in [-0.3, -0.25) is 4.79 Å². The van der Waals surface area contributed by atoms with E-state index in [0.717, 1.165) is 30.9 Å². The molecule has 6 nitrogen and oxygen atoms in total. The summed E-state index contributed by atoms with van der Waals surface area (Å²) >= 11 is 1.70. The highest BCUT2D eigenvalue weighted by Gasteiger charge is 2.02. The van der Waals surface area contributed by atoms with Crippen LogP contribution in [0.3, 0.4) is 0 Å². The fourth-order valence-electron chi connectivity index (χ4n) is 1.62. The normalized spacial score (nSPS) is 11.3. The number of nitrogens with one attached hydrogen (secondary N) is 3. The first-order valence-corrected chi connectivity index (χ1v) is 8.17. The quantitative estimate of drug-likeness (QED) is 0.496. The van der Waals surface area contributed by atoms with Crippen molar-refractivity contribution in [2.45, 2.75) is 33.6 Å². The smallest absolute Gasteiger partial charge is 0.241 e. The molecule has 21 heavy (non-hydrogen) atoms. The van der Waals surface area contributed by atoms with Gasteiger partial charge >= 0.3 is 0 Å². The number of hydrogen-bond donors (Lipinski definition) is 3. The topological polar surface area (TPSA) is 78.4 Å². The molecule has 0 fully saturated rings. The van der Waals surface area contributed by atoms with Gasteiger partial charge in [-0.15, -0.1) is 11.3 Å².